The third kappa shape index (κ3) is 2.97. The van der Waals surface area contributed by atoms with Crippen LogP contribution in [-0.4, -0.2) is 19.1 Å². The van der Waals surface area contributed by atoms with Crippen molar-refractivity contribution in [1.29, 1.82) is 0 Å². The molecule has 1 aromatic carbocycles. The molecule has 126 valence electrons. The number of hydrogen-bond acceptors (Lipinski definition) is 4. The van der Waals surface area contributed by atoms with Gasteiger partial charge in [0, 0.05) is 20.1 Å². The van der Waals surface area contributed by atoms with Crippen LogP contribution in [0.15, 0.2) is 39.9 Å². The number of H-pyrrole nitrogens is 1. The molecule has 0 saturated heterocycles. The summed E-state index contributed by atoms with van der Waals surface area (Å²) in [7, 11) is 1.61. The van der Waals surface area contributed by atoms with Gasteiger partial charge in [0.05, 0.1) is 0 Å². The lowest BCUT2D eigenvalue weighted by molar-refractivity contribution is 0.535. The molecule has 0 aliphatic heterocycles. The number of rotatable bonds is 5. The van der Waals surface area contributed by atoms with Gasteiger partial charge in [-0.3, -0.25) is 14.3 Å². The van der Waals surface area contributed by atoms with E-state index in [0.29, 0.717) is 36.1 Å². The molecule has 7 nitrogen and oxygen atoms in total. The number of benzene rings is 1. The van der Waals surface area contributed by atoms with Crippen LogP contribution in [0.25, 0.3) is 11.2 Å². The quantitative estimate of drug-likeness (QED) is 0.747. The zero-order valence-corrected chi connectivity index (χ0v) is 14.0. The van der Waals surface area contributed by atoms with Crippen molar-refractivity contribution in [3.63, 3.8) is 0 Å². The van der Waals surface area contributed by atoms with Gasteiger partial charge in [-0.25, -0.2) is 4.79 Å². The molecule has 3 rings (SSSR count). The molecule has 24 heavy (non-hydrogen) atoms. The summed E-state index contributed by atoms with van der Waals surface area (Å²) in [6.07, 6.45) is 0. The van der Waals surface area contributed by atoms with Gasteiger partial charge in [-0.05, 0) is 11.5 Å². The Kier molecular flexibility index (Phi) is 4.24. The predicted molar refractivity (Wildman–Crippen MR) is 94.2 cm³/mol. The average molecular weight is 327 g/mol. The van der Waals surface area contributed by atoms with Crippen molar-refractivity contribution in [3.8, 4) is 0 Å². The van der Waals surface area contributed by atoms with Gasteiger partial charge in [-0.2, -0.15) is 4.98 Å². The van der Waals surface area contributed by atoms with E-state index in [2.05, 4.69) is 29.1 Å². The summed E-state index contributed by atoms with van der Waals surface area (Å²) in [5.74, 6) is 0.922. The minimum absolute atomic E-state index is 0.330. The second kappa shape index (κ2) is 6.35. The van der Waals surface area contributed by atoms with Crippen LogP contribution in [0.2, 0.25) is 0 Å². The highest BCUT2D eigenvalue weighted by Gasteiger charge is 2.17. The van der Waals surface area contributed by atoms with Crippen molar-refractivity contribution in [2.24, 2.45) is 13.0 Å². The van der Waals surface area contributed by atoms with Crippen molar-refractivity contribution in [1.82, 2.24) is 19.1 Å². The lowest BCUT2D eigenvalue weighted by atomic mass is 10.2. The maximum absolute atomic E-state index is 12.3. The maximum Gasteiger partial charge on any atom is 0.329 e. The number of anilines is 1. The van der Waals surface area contributed by atoms with E-state index < -0.39 is 11.2 Å². The molecule has 0 aliphatic carbocycles. The fourth-order valence-electron chi connectivity index (χ4n) is 2.69. The first-order valence-corrected chi connectivity index (χ1v) is 7.94. The monoisotopic (exact) mass is 327 g/mol. The minimum Gasteiger partial charge on any atom is -0.352 e. The number of aryl methyl sites for hydroxylation is 1. The summed E-state index contributed by atoms with van der Waals surface area (Å²) in [4.78, 5) is 30.9. The van der Waals surface area contributed by atoms with Crippen LogP contribution in [-0.2, 0) is 20.1 Å². The Bertz CT molecular complexity index is 966. The van der Waals surface area contributed by atoms with Gasteiger partial charge in [0.2, 0.25) is 5.95 Å². The number of hydrogen-bond donors (Lipinski definition) is 2. The normalized spacial score (nSPS) is 11.3. The zero-order chi connectivity index (χ0) is 17.3. The van der Waals surface area contributed by atoms with Gasteiger partial charge < -0.3 is 9.88 Å². The molecule has 2 aromatic heterocycles. The van der Waals surface area contributed by atoms with E-state index in [1.807, 2.05) is 34.9 Å². The highest BCUT2D eigenvalue weighted by molar-refractivity contribution is 5.74. The van der Waals surface area contributed by atoms with Gasteiger partial charge in [0.1, 0.15) is 0 Å². The van der Waals surface area contributed by atoms with Crippen LogP contribution in [0.5, 0.6) is 0 Å². The number of fused-ring (bicyclic) bond motifs is 1. The number of aromatic nitrogens is 4. The van der Waals surface area contributed by atoms with Crippen molar-refractivity contribution in [2.75, 3.05) is 5.32 Å². The molecule has 7 heteroatoms. The molecule has 0 aliphatic rings. The predicted octanol–water partition coefficient (Wildman–Crippen LogP) is 1.69. The fourth-order valence-corrected chi connectivity index (χ4v) is 2.69. The summed E-state index contributed by atoms with van der Waals surface area (Å²) < 4.78 is 3.21. The third-order valence-corrected chi connectivity index (χ3v) is 3.85. The molecule has 0 amide bonds. The molecule has 0 spiro atoms. The van der Waals surface area contributed by atoms with Gasteiger partial charge >= 0.3 is 5.69 Å². The van der Waals surface area contributed by atoms with Crippen LogP contribution >= 0.6 is 0 Å². The molecule has 0 fully saturated rings. The smallest absolute Gasteiger partial charge is 0.329 e. The van der Waals surface area contributed by atoms with Crippen molar-refractivity contribution in [3.05, 3.63) is 56.7 Å². The first-order chi connectivity index (χ1) is 11.5. The molecule has 0 radical (unpaired) electrons. The molecular weight excluding hydrogens is 306 g/mol. The van der Waals surface area contributed by atoms with Gasteiger partial charge in [-0.1, -0.05) is 44.2 Å². The van der Waals surface area contributed by atoms with E-state index in [1.165, 1.54) is 4.57 Å². The summed E-state index contributed by atoms with van der Waals surface area (Å²) >= 11 is 0. The van der Waals surface area contributed by atoms with E-state index in [1.54, 1.807) is 7.05 Å². The maximum atomic E-state index is 12.3. The first-order valence-electron chi connectivity index (χ1n) is 7.94. The van der Waals surface area contributed by atoms with E-state index >= 15 is 0 Å². The van der Waals surface area contributed by atoms with E-state index in [4.69, 9.17) is 0 Å². The Hall–Kier alpha value is -2.83. The summed E-state index contributed by atoms with van der Waals surface area (Å²) in [6, 6.07) is 9.95. The van der Waals surface area contributed by atoms with Crippen LogP contribution in [0.3, 0.4) is 0 Å². The molecule has 2 heterocycles. The van der Waals surface area contributed by atoms with E-state index in [9.17, 15) is 9.59 Å². The number of imidazole rings is 1. The molecule has 3 aromatic rings. The SMILES string of the molecule is CC(C)Cn1c(NCc2ccccc2)nc2c1c(=O)[nH]c(=O)n2C. The Balaban J connectivity index is 2.09. The Morgan fingerprint density at radius 1 is 1.21 bits per heavy atom. The first kappa shape index (κ1) is 16.0. The molecule has 0 bridgehead atoms. The van der Waals surface area contributed by atoms with E-state index in [-0.39, 0.29) is 0 Å². The molecule has 0 unspecified atom stereocenters. The van der Waals surface area contributed by atoms with E-state index in [0.717, 1.165) is 5.56 Å². The standard InChI is InChI=1S/C17H21N5O2/c1-11(2)10-22-13-14(21(3)17(24)20-15(13)23)19-16(22)18-9-12-7-5-4-6-8-12/h4-8,11H,9-10H2,1-3H3,(H,18,19)(H,20,23,24). The highest BCUT2D eigenvalue weighted by Crippen LogP contribution is 2.18. The van der Waals surface area contributed by atoms with Crippen LogP contribution < -0.4 is 16.6 Å². The minimum atomic E-state index is -0.462. The largest absolute Gasteiger partial charge is 0.352 e. The number of nitrogens with one attached hydrogen (secondary N) is 2. The van der Waals surface area contributed by atoms with Gasteiger partial charge in [0.15, 0.2) is 11.2 Å². The third-order valence-electron chi connectivity index (χ3n) is 3.85. The molecule has 0 atom stereocenters. The Labute approximate surface area is 139 Å². The van der Waals surface area contributed by atoms with Crippen LogP contribution in [0, 0.1) is 5.92 Å². The second-order valence-electron chi connectivity index (χ2n) is 6.27. The number of nitrogens with zero attached hydrogens (tertiary/aromatic N) is 3. The topological polar surface area (TPSA) is 84.7 Å². The van der Waals surface area contributed by atoms with Crippen LogP contribution in [0.4, 0.5) is 5.95 Å². The zero-order valence-electron chi connectivity index (χ0n) is 14.0. The summed E-state index contributed by atoms with van der Waals surface area (Å²) in [5.41, 5.74) is 1.05. The van der Waals surface area contributed by atoms with Crippen molar-refractivity contribution >= 4 is 17.1 Å². The molecular formula is C17H21N5O2. The Morgan fingerprint density at radius 3 is 2.58 bits per heavy atom. The average Bonchev–Trinajstić information content (AvgIpc) is 2.90. The summed E-state index contributed by atoms with van der Waals surface area (Å²) in [5, 5.41) is 3.28. The number of aromatic amines is 1. The Morgan fingerprint density at radius 2 is 1.92 bits per heavy atom. The highest BCUT2D eigenvalue weighted by atomic mass is 16.2. The van der Waals surface area contributed by atoms with Crippen molar-refractivity contribution < 1.29 is 0 Å². The summed E-state index contributed by atoms with van der Waals surface area (Å²) in [6.45, 7) is 5.37. The van der Waals surface area contributed by atoms with Gasteiger partial charge in [0.25, 0.3) is 5.56 Å². The fraction of sp³-hybridized carbons (Fsp3) is 0.353. The lowest BCUT2D eigenvalue weighted by Gasteiger charge is -2.12. The second-order valence-corrected chi connectivity index (χ2v) is 6.27. The molecule has 2 N–H and O–H groups in total. The van der Waals surface area contributed by atoms with Crippen molar-refractivity contribution in [2.45, 2.75) is 26.9 Å². The van der Waals surface area contributed by atoms with Crippen LogP contribution in [0.1, 0.15) is 19.4 Å². The van der Waals surface area contributed by atoms with Gasteiger partial charge in [-0.15, -0.1) is 0 Å². The lowest BCUT2D eigenvalue weighted by Crippen LogP contribution is -2.29. The molecule has 0 saturated carbocycles.